The Hall–Kier alpha value is -2.04. The zero-order valence-electron chi connectivity index (χ0n) is 15.9. The van der Waals surface area contributed by atoms with Crippen LogP contribution in [-0.2, 0) is 4.79 Å². The molecule has 0 spiro atoms. The average Bonchev–Trinajstić information content (AvgIpc) is 2.96. The van der Waals surface area contributed by atoms with Crippen LogP contribution in [0.1, 0.15) is 55.8 Å². The number of nitrogens with zero attached hydrogens (tertiary/aromatic N) is 2. The van der Waals surface area contributed by atoms with Gasteiger partial charge in [0.05, 0.1) is 6.54 Å². The van der Waals surface area contributed by atoms with Crippen molar-refractivity contribution < 1.29 is 9.59 Å². The van der Waals surface area contributed by atoms with Crippen molar-refractivity contribution in [2.75, 3.05) is 38.0 Å². The van der Waals surface area contributed by atoms with E-state index in [9.17, 15) is 9.59 Å². The molecule has 2 aliphatic heterocycles. The molecule has 142 valence electrons. The van der Waals surface area contributed by atoms with Crippen molar-refractivity contribution in [1.82, 2.24) is 9.80 Å². The van der Waals surface area contributed by atoms with Gasteiger partial charge in [0.15, 0.2) is 0 Å². The molecule has 1 N–H and O–H groups in total. The lowest BCUT2D eigenvalue weighted by Gasteiger charge is -2.30. The Balaban J connectivity index is 1.55. The first-order valence-corrected chi connectivity index (χ1v) is 10.0. The van der Waals surface area contributed by atoms with E-state index in [1.807, 2.05) is 34.1 Å². The second-order valence-electron chi connectivity index (χ2n) is 7.70. The second-order valence-corrected chi connectivity index (χ2v) is 7.70. The van der Waals surface area contributed by atoms with Crippen LogP contribution in [0.2, 0.25) is 0 Å². The standard InChI is InChI=1S/C21H31N3O2/c1-17-9-13-24(14-10-17)21(26)18-7-6-8-19(15-18)22-16-20(25)23-11-4-2-3-5-12-23/h6-8,15,17,22H,2-5,9-14,16H2,1H3. The summed E-state index contributed by atoms with van der Waals surface area (Å²) in [6.07, 6.45) is 6.80. The number of hydrogen-bond acceptors (Lipinski definition) is 3. The van der Waals surface area contributed by atoms with Gasteiger partial charge >= 0.3 is 0 Å². The van der Waals surface area contributed by atoms with Crippen LogP contribution in [0.15, 0.2) is 24.3 Å². The molecule has 3 rings (SSSR count). The molecule has 0 aromatic heterocycles. The molecular formula is C21H31N3O2. The molecule has 2 fully saturated rings. The molecular weight excluding hydrogens is 326 g/mol. The average molecular weight is 357 g/mol. The highest BCUT2D eigenvalue weighted by Gasteiger charge is 2.21. The minimum Gasteiger partial charge on any atom is -0.376 e. The number of benzene rings is 1. The Morgan fingerprint density at radius 2 is 1.69 bits per heavy atom. The third-order valence-corrected chi connectivity index (χ3v) is 5.58. The maximum absolute atomic E-state index is 12.7. The molecule has 26 heavy (non-hydrogen) atoms. The molecule has 0 bridgehead atoms. The van der Waals surface area contributed by atoms with E-state index in [2.05, 4.69) is 12.2 Å². The minimum absolute atomic E-state index is 0.0967. The van der Waals surface area contributed by atoms with Crippen molar-refractivity contribution in [3.8, 4) is 0 Å². The highest BCUT2D eigenvalue weighted by atomic mass is 16.2. The van der Waals surface area contributed by atoms with Crippen molar-refractivity contribution in [3.05, 3.63) is 29.8 Å². The normalized spacial score (nSPS) is 19.1. The van der Waals surface area contributed by atoms with Gasteiger partial charge in [-0.25, -0.2) is 0 Å². The number of carbonyl (C=O) groups excluding carboxylic acids is 2. The number of hydrogen-bond donors (Lipinski definition) is 1. The molecule has 0 atom stereocenters. The first-order valence-electron chi connectivity index (χ1n) is 10.0. The number of carbonyl (C=O) groups is 2. The van der Waals surface area contributed by atoms with E-state index in [0.29, 0.717) is 18.0 Å². The van der Waals surface area contributed by atoms with Crippen molar-refractivity contribution >= 4 is 17.5 Å². The van der Waals surface area contributed by atoms with Crippen molar-refractivity contribution in [1.29, 1.82) is 0 Å². The van der Waals surface area contributed by atoms with E-state index in [0.717, 1.165) is 57.5 Å². The molecule has 2 heterocycles. The molecule has 2 amide bonds. The quantitative estimate of drug-likeness (QED) is 0.899. The fourth-order valence-electron chi connectivity index (χ4n) is 3.77. The Kier molecular flexibility index (Phi) is 6.53. The van der Waals surface area contributed by atoms with Gasteiger partial charge < -0.3 is 15.1 Å². The van der Waals surface area contributed by atoms with Gasteiger partial charge in [-0.3, -0.25) is 9.59 Å². The summed E-state index contributed by atoms with van der Waals surface area (Å²) in [6.45, 7) is 5.95. The first kappa shape index (κ1) is 18.7. The number of amides is 2. The van der Waals surface area contributed by atoms with Crippen LogP contribution in [0.5, 0.6) is 0 Å². The molecule has 2 saturated heterocycles. The van der Waals surface area contributed by atoms with Gasteiger partial charge in [-0.2, -0.15) is 0 Å². The third-order valence-electron chi connectivity index (χ3n) is 5.58. The smallest absolute Gasteiger partial charge is 0.253 e. The van der Waals surface area contributed by atoms with Crippen molar-refractivity contribution in [3.63, 3.8) is 0 Å². The highest BCUT2D eigenvalue weighted by molar-refractivity contribution is 5.95. The van der Waals surface area contributed by atoms with E-state index in [1.54, 1.807) is 0 Å². The van der Waals surface area contributed by atoms with Gasteiger partial charge in [0, 0.05) is 37.4 Å². The van der Waals surface area contributed by atoms with Crippen molar-refractivity contribution in [2.45, 2.75) is 45.4 Å². The zero-order chi connectivity index (χ0) is 18.4. The molecule has 5 heteroatoms. The van der Waals surface area contributed by atoms with Crippen LogP contribution in [-0.4, -0.2) is 54.3 Å². The summed E-state index contributed by atoms with van der Waals surface area (Å²) >= 11 is 0. The monoisotopic (exact) mass is 357 g/mol. The van der Waals surface area contributed by atoms with Gasteiger partial charge in [0.25, 0.3) is 5.91 Å². The van der Waals surface area contributed by atoms with Gasteiger partial charge in [-0.1, -0.05) is 25.8 Å². The number of rotatable bonds is 4. The van der Waals surface area contributed by atoms with Crippen LogP contribution in [0, 0.1) is 5.92 Å². The van der Waals surface area contributed by atoms with E-state index in [1.165, 1.54) is 12.8 Å². The maximum Gasteiger partial charge on any atom is 0.253 e. The van der Waals surface area contributed by atoms with Crippen molar-refractivity contribution in [2.24, 2.45) is 5.92 Å². The maximum atomic E-state index is 12.7. The fourth-order valence-corrected chi connectivity index (χ4v) is 3.77. The zero-order valence-corrected chi connectivity index (χ0v) is 15.9. The lowest BCUT2D eigenvalue weighted by molar-refractivity contribution is -0.129. The number of anilines is 1. The SMILES string of the molecule is CC1CCN(C(=O)c2cccc(NCC(=O)N3CCCCCC3)c2)CC1. The fraction of sp³-hybridized carbons (Fsp3) is 0.619. The van der Waals surface area contributed by atoms with E-state index in [4.69, 9.17) is 0 Å². The lowest BCUT2D eigenvalue weighted by Crippen LogP contribution is -2.38. The van der Waals surface area contributed by atoms with Crippen LogP contribution in [0.4, 0.5) is 5.69 Å². The Labute approximate surface area is 156 Å². The largest absolute Gasteiger partial charge is 0.376 e. The summed E-state index contributed by atoms with van der Waals surface area (Å²) in [7, 11) is 0. The first-order chi connectivity index (χ1) is 12.6. The predicted octanol–water partition coefficient (Wildman–Crippen LogP) is 3.37. The van der Waals surface area contributed by atoms with Gasteiger partial charge in [0.1, 0.15) is 0 Å². The van der Waals surface area contributed by atoms with Crippen LogP contribution in [0.25, 0.3) is 0 Å². The molecule has 5 nitrogen and oxygen atoms in total. The van der Waals surface area contributed by atoms with E-state index in [-0.39, 0.29) is 11.8 Å². The van der Waals surface area contributed by atoms with Gasteiger partial charge in [-0.15, -0.1) is 0 Å². The highest BCUT2D eigenvalue weighted by Crippen LogP contribution is 2.19. The van der Waals surface area contributed by atoms with Gasteiger partial charge in [-0.05, 0) is 49.8 Å². The van der Waals surface area contributed by atoms with Crippen LogP contribution in [0.3, 0.4) is 0 Å². The summed E-state index contributed by atoms with van der Waals surface area (Å²) in [5.74, 6) is 0.949. The molecule has 1 aromatic carbocycles. The van der Waals surface area contributed by atoms with E-state index < -0.39 is 0 Å². The molecule has 1 aromatic rings. The Bertz CT molecular complexity index is 615. The molecule has 2 aliphatic rings. The topological polar surface area (TPSA) is 52.7 Å². The third kappa shape index (κ3) is 4.99. The number of likely N-dealkylation sites (tertiary alicyclic amines) is 2. The molecule has 0 radical (unpaired) electrons. The van der Waals surface area contributed by atoms with Gasteiger partial charge in [0.2, 0.25) is 5.91 Å². The Morgan fingerprint density at radius 3 is 2.38 bits per heavy atom. The second kappa shape index (κ2) is 9.06. The lowest BCUT2D eigenvalue weighted by atomic mass is 9.98. The van der Waals surface area contributed by atoms with E-state index >= 15 is 0 Å². The van der Waals surface area contributed by atoms with Crippen LogP contribution < -0.4 is 5.32 Å². The summed E-state index contributed by atoms with van der Waals surface area (Å²) in [6, 6.07) is 7.54. The number of piperidine rings is 1. The summed E-state index contributed by atoms with van der Waals surface area (Å²) < 4.78 is 0. The number of nitrogens with one attached hydrogen (secondary N) is 1. The Morgan fingerprint density at radius 1 is 1.00 bits per heavy atom. The molecule has 0 unspecified atom stereocenters. The summed E-state index contributed by atoms with van der Waals surface area (Å²) in [4.78, 5) is 29.0. The van der Waals surface area contributed by atoms with Crippen LogP contribution >= 0.6 is 0 Å². The minimum atomic E-state index is 0.0967. The summed E-state index contributed by atoms with van der Waals surface area (Å²) in [5.41, 5.74) is 1.54. The predicted molar refractivity (Wildman–Crippen MR) is 104 cm³/mol. The summed E-state index contributed by atoms with van der Waals surface area (Å²) in [5, 5.41) is 3.21. The molecule has 0 aliphatic carbocycles. The molecule has 0 saturated carbocycles.